The van der Waals surface area contributed by atoms with E-state index in [4.69, 9.17) is 10.5 Å². The number of carbonyl (C=O) groups is 2. The molecule has 1 amide bonds. The van der Waals surface area contributed by atoms with E-state index in [2.05, 4.69) is 34.0 Å². The zero-order valence-electron chi connectivity index (χ0n) is 18.4. The lowest BCUT2D eigenvalue weighted by atomic mass is 9.85. The Labute approximate surface area is 203 Å². The Morgan fingerprint density at radius 2 is 2.06 bits per heavy atom. The van der Waals surface area contributed by atoms with Crippen LogP contribution in [0.1, 0.15) is 29.5 Å². The Bertz CT molecular complexity index is 1090. The average Bonchev–Trinajstić information content (AvgIpc) is 2.99. The van der Waals surface area contributed by atoms with Gasteiger partial charge in [-0.3, -0.25) is 9.69 Å². The summed E-state index contributed by atoms with van der Waals surface area (Å²) in [7, 11) is 2.05. The van der Waals surface area contributed by atoms with Gasteiger partial charge in [0.1, 0.15) is 7.85 Å². The molecule has 2 aliphatic heterocycles. The van der Waals surface area contributed by atoms with Crippen molar-refractivity contribution in [2.45, 2.75) is 31.9 Å². The second-order valence-electron chi connectivity index (χ2n) is 8.67. The summed E-state index contributed by atoms with van der Waals surface area (Å²) in [6.45, 7) is 3.92. The van der Waals surface area contributed by atoms with Gasteiger partial charge in [0.2, 0.25) is 5.91 Å². The third kappa shape index (κ3) is 4.57. The molecule has 1 fully saturated rings. The minimum atomic E-state index is -0.868. The number of likely N-dealkylation sites (tertiary alicyclic amines) is 1. The van der Waals surface area contributed by atoms with Crippen LogP contribution in [0.3, 0.4) is 0 Å². The average molecular weight is 543 g/mol. The molecular formula is C24H27BIN3O3. The van der Waals surface area contributed by atoms with E-state index in [1.54, 1.807) is 0 Å². The van der Waals surface area contributed by atoms with Gasteiger partial charge in [-0.25, -0.2) is 4.79 Å². The van der Waals surface area contributed by atoms with Gasteiger partial charge < -0.3 is 15.8 Å². The van der Waals surface area contributed by atoms with E-state index < -0.39 is 5.60 Å². The molecule has 3 N–H and O–H groups in total. The largest absolute Gasteiger partial charge is 0.448 e. The van der Waals surface area contributed by atoms with E-state index in [1.165, 1.54) is 0 Å². The topological polar surface area (TPSA) is 84.7 Å². The van der Waals surface area contributed by atoms with Crippen LogP contribution in [0, 0.1) is 10.5 Å². The summed E-state index contributed by atoms with van der Waals surface area (Å²) >= 11 is 2.27. The lowest BCUT2D eigenvalue weighted by Gasteiger charge is -2.39. The number of rotatable bonds is 5. The third-order valence-electron chi connectivity index (χ3n) is 6.26. The molecule has 1 unspecified atom stereocenters. The summed E-state index contributed by atoms with van der Waals surface area (Å²) in [6.07, 6.45) is 1.47. The standard InChI is InChI=1S/C24H27BIN3O3/c1-15-10-18(25)19(26)11-17(15)21-22(27)24(32-23(21)31)8-5-9-29(14-24)13-20(30)28-12-16-6-3-2-4-7-16/h2-4,6-7,10-11H,5,8-9,12-14,25,27H2,1H3,(H,28,30). The minimum absolute atomic E-state index is 0.0538. The van der Waals surface area contributed by atoms with Crippen LogP contribution in [0.4, 0.5) is 0 Å². The molecule has 1 spiro atoms. The van der Waals surface area contributed by atoms with Crippen LogP contribution >= 0.6 is 22.6 Å². The maximum atomic E-state index is 12.9. The van der Waals surface area contributed by atoms with Crippen LogP contribution < -0.4 is 16.5 Å². The molecular weight excluding hydrogens is 516 g/mol. The molecule has 0 bridgehead atoms. The summed E-state index contributed by atoms with van der Waals surface area (Å²) in [4.78, 5) is 27.5. The number of amides is 1. The number of benzene rings is 2. The number of esters is 1. The van der Waals surface area contributed by atoms with Gasteiger partial charge in [-0.05, 0) is 71.7 Å². The third-order valence-corrected chi connectivity index (χ3v) is 7.42. The predicted octanol–water partition coefficient (Wildman–Crippen LogP) is 1.24. The van der Waals surface area contributed by atoms with Gasteiger partial charge in [-0.2, -0.15) is 0 Å². The Balaban J connectivity index is 1.49. The molecule has 0 radical (unpaired) electrons. The van der Waals surface area contributed by atoms with Crippen molar-refractivity contribution >= 4 is 53.3 Å². The number of hydrogen-bond acceptors (Lipinski definition) is 5. The summed E-state index contributed by atoms with van der Waals surface area (Å²) in [5, 5.41) is 2.97. The van der Waals surface area contributed by atoms with Gasteiger partial charge in [0.25, 0.3) is 0 Å². The van der Waals surface area contributed by atoms with Crippen molar-refractivity contribution in [2.24, 2.45) is 5.73 Å². The molecule has 32 heavy (non-hydrogen) atoms. The number of halogens is 1. The van der Waals surface area contributed by atoms with Gasteiger partial charge >= 0.3 is 5.97 Å². The van der Waals surface area contributed by atoms with E-state index in [9.17, 15) is 9.59 Å². The number of ether oxygens (including phenoxy) is 1. The Morgan fingerprint density at radius 1 is 1.31 bits per heavy atom. The van der Waals surface area contributed by atoms with E-state index in [0.717, 1.165) is 38.7 Å². The van der Waals surface area contributed by atoms with Gasteiger partial charge in [-0.15, -0.1) is 0 Å². The Morgan fingerprint density at radius 3 is 2.81 bits per heavy atom. The van der Waals surface area contributed by atoms with Gasteiger partial charge in [0, 0.05) is 16.7 Å². The Kier molecular flexibility index (Phi) is 6.62. The lowest BCUT2D eigenvalue weighted by molar-refractivity contribution is -0.149. The molecule has 0 aliphatic carbocycles. The molecule has 0 saturated carbocycles. The van der Waals surface area contributed by atoms with Crippen LogP contribution in [0.2, 0.25) is 0 Å². The summed E-state index contributed by atoms with van der Waals surface area (Å²) in [5.74, 6) is -0.428. The fourth-order valence-corrected chi connectivity index (χ4v) is 5.04. The molecule has 4 rings (SSSR count). The lowest BCUT2D eigenvalue weighted by Crippen LogP contribution is -2.53. The minimum Gasteiger partial charge on any atom is -0.448 e. The first-order chi connectivity index (χ1) is 15.3. The van der Waals surface area contributed by atoms with Gasteiger partial charge in [0.15, 0.2) is 5.60 Å². The summed E-state index contributed by atoms with van der Waals surface area (Å²) in [5.41, 5.74) is 10.7. The van der Waals surface area contributed by atoms with Crippen LogP contribution in [0.25, 0.3) is 5.57 Å². The zero-order chi connectivity index (χ0) is 22.9. The van der Waals surface area contributed by atoms with E-state index in [-0.39, 0.29) is 18.4 Å². The fraction of sp³-hybridized carbons (Fsp3) is 0.333. The van der Waals surface area contributed by atoms with Gasteiger partial charge in [-0.1, -0.05) is 41.9 Å². The number of carbonyl (C=O) groups excluding carboxylic acids is 2. The van der Waals surface area contributed by atoms with Crippen molar-refractivity contribution in [1.29, 1.82) is 0 Å². The number of aryl methyl sites for hydroxylation is 1. The zero-order valence-corrected chi connectivity index (χ0v) is 20.6. The second-order valence-corrected chi connectivity index (χ2v) is 9.83. The van der Waals surface area contributed by atoms with Crippen molar-refractivity contribution < 1.29 is 14.3 Å². The highest BCUT2D eigenvalue weighted by Gasteiger charge is 2.49. The van der Waals surface area contributed by atoms with Crippen molar-refractivity contribution in [3.05, 3.63) is 68.4 Å². The number of nitrogens with two attached hydrogens (primary N) is 1. The number of nitrogens with one attached hydrogen (secondary N) is 1. The van der Waals surface area contributed by atoms with Crippen molar-refractivity contribution in [2.75, 3.05) is 19.6 Å². The normalized spacial score (nSPS) is 21.1. The summed E-state index contributed by atoms with van der Waals surface area (Å²) < 4.78 is 7.00. The maximum Gasteiger partial charge on any atom is 0.341 e. The van der Waals surface area contributed by atoms with Crippen LogP contribution in [0.5, 0.6) is 0 Å². The highest BCUT2D eigenvalue weighted by molar-refractivity contribution is 14.1. The number of piperidine rings is 1. The number of nitrogens with zero attached hydrogens (tertiary/aromatic N) is 1. The van der Waals surface area contributed by atoms with Gasteiger partial charge in [0.05, 0.1) is 17.8 Å². The molecule has 0 aromatic heterocycles. The maximum absolute atomic E-state index is 12.9. The monoisotopic (exact) mass is 543 g/mol. The predicted molar refractivity (Wildman–Crippen MR) is 136 cm³/mol. The molecule has 2 aromatic carbocycles. The molecule has 8 heteroatoms. The first kappa shape index (κ1) is 22.9. The molecule has 1 saturated heterocycles. The smallest absolute Gasteiger partial charge is 0.341 e. The molecule has 166 valence electrons. The van der Waals surface area contributed by atoms with Crippen LogP contribution in [-0.4, -0.2) is 49.9 Å². The first-order valence-corrected chi connectivity index (χ1v) is 11.9. The summed E-state index contributed by atoms with van der Waals surface area (Å²) in [6, 6.07) is 13.9. The molecule has 6 nitrogen and oxygen atoms in total. The highest BCUT2D eigenvalue weighted by Crippen LogP contribution is 2.41. The van der Waals surface area contributed by atoms with Crippen molar-refractivity contribution in [1.82, 2.24) is 10.2 Å². The quantitative estimate of drug-likeness (QED) is 0.337. The molecule has 2 heterocycles. The highest BCUT2D eigenvalue weighted by atomic mass is 127. The van der Waals surface area contributed by atoms with E-state index >= 15 is 0 Å². The van der Waals surface area contributed by atoms with E-state index in [0.29, 0.717) is 30.8 Å². The Hall–Kier alpha value is -2.33. The second kappa shape index (κ2) is 9.27. The number of hydrogen-bond donors (Lipinski definition) is 2. The van der Waals surface area contributed by atoms with Crippen molar-refractivity contribution in [3.63, 3.8) is 0 Å². The molecule has 2 aromatic rings. The SMILES string of the molecule is Bc1cc(C)c(C2=C(N)C3(CCCN(CC(=O)NCc4ccccc4)C3)OC2=O)cc1I. The van der Waals surface area contributed by atoms with Crippen molar-refractivity contribution in [3.8, 4) is 0 Å². The first-order valence-electron chi connectivity index (χ1n) is 10.8. The fourth-order valence-electron chi connectivity index (χ4n) is 4.57. The molecule has 2 aliphatic rings. The van der Waals surface area contributed by atoms with Crippen LogP contribution in [0.15, 0.2) is 48.2 Å². The van der Waals surface area contributed by atoms with Crippen LogP contribution in [-0.2, 0) is 20.9 Å². The molecule has 1 atom stereocenters. The van der Waals surface area contributed by atoms with E-state index in [1.807, 2.05) is 56.1 Å².